The molecule has 3 aromatic rings. The van der Waals surface area contributed by atoms with E-state index in [1.807, 2.05) is 41.9 Å². The van der Waals surface area contributed by atoms with Crippen LogP contribution in [0.5, 0.6) is 5.75 Å². The summed E-state index contributed by atoms with van der Waals surface area (Å²) < 4.78 is 32.2. The standard InChI is InChI=1S/C28H34ClN6O5P/c1-3-26(36)31-22-7-5-8-23(19-22)32-27-25(29)20-30-28(34-27)33-21-9-11-24(12-10-21)39-15-6-18-41(37,40-4-2)35-13-16-38-17-14-35/h3,5,7-12,19-20H,1,4,6,13-18H2,2H3,(H,31,36)(H2,30,32,33,34). The zero-order chi connectivity index (χ0) is 29.1. The molecule has 2 aromatic carbocycles. The number of aromatic nitrogens is 2. The van der Waals surface area contributed by atoms with Crippen molar-refractivity contribution in [1.82, 2.24) is 14.6 Å². The summed E-state index contributed by atoms with van der Waals surface area (Å²) in [5.41, 5.74) is 2.04. The summed E-state index contributed by atoms with van der Waals surface area (Å²) >= 11 is 6.32. The van der Waals surface area contributed by atoms with E-state index in [1.54, 1.807) is 18.2 Å². The first kappa shape index (κ1) is 30.5. The van der Waals surface area contributed by atoms with Gasteiger partial charge in [0, 0.05) is 36.3 Å². The Kier molecular flexibility index (Phi) is 11.1. The highest BCUT2D eigenvalue weighted by Gasteiger charge is 2.32. The van der Waals surface area contributed by atoms with E-state index < -0.39 is 7.52 Å². The highest BCUT2D eigenvalue weighted by atomic mass is 35.5. The number of benzene rings is 2. The lowest BCUT2D eigenvalue weighted by Gasteiger charge is -2.33. The molecule has 41 heavy (non-hydrogen) atoms. The maximum absolute atomic E-state index is 13.4. The van der Waals surface area contributed by atoms with Crippen LogP contribution in [-0.2, 0) is 18.6 Å². The molecule has 1 atom stereocenters. The maximum Gasteiger partial charge on any atom is 0.272 e. The number of nitrogens with one attached hydrogen (secondary N) is 3. The molecule has 0 spiro atoms. The summed E-state index contributed by atoms with van der Waals surface area (Å²) in [6, 6.07) is 14.5. The van der Waals surface area contributed by atoms with Crippen molar-refractivity contribution in [3.8, 4) is 5.75 Å². The zero-order valence-electron chi connectivity index (χ0n) is 22.8. The zero-order valence-corrected chi connectivity index (χ0v) is 24.5. The molecule has 1 saturated heterocycles. The average molecular weight is 601 g/mol. The van der Waals surface area contributed by atoms with Crippen molar-refractivity contribution in [1.29, 1.82) is 0 Å². The molecule has 1 amide bonds. The Morgan fingerprint density at radius 1 is 1.15 bits per heavy atom. The van der Waals surface area contributed by atoms with Gasteiger partial charge >= 0.3 is 0 Å². The number of hydrogen-bond donors (Lipinski definition) is 3. The van der Waals surface area contributed by atoms with Crippen LogP contribution in [0.1, 0.15) is 13.3 Å². The number of amides is 1. The lowest BCUT2D eigenvalue weighted by Crippen LogP contribution is -2.35. The Hall–Kier alpha value is -3.47. The summed E-state index contributed by atoms with van der Waals surface area (Å²) in [6.07, 6.45) is 3.73. The smallest absolute Gasteiger partial charge is 0.272 e. The highest BCUT2D eigenvalue weighted by Crippen LogP contribution is 2.51. The number of morpholine rings is 1. The Balaban J connectivity index is 1.30. The molecule has 1 unspecified atom stereocenters. The summed E-state index contributed by atoms with van der Waals surface area (Å²) in [6.45, 7) is 8.51. The molecule has 11 nitrogen and oxygen atoms in total. The van der Waals surface area contributed by atoms with E-state index in [0.29, 0.717) is 86.0 Å². The van der Waals surface area contributed by atoms with Gasteiger partial charge in [0.2, 0.25) is 11.9 Å². The van der Waals surface area contributed by atoms with E-state index in [0.717, 1.165) is 5.69 Å². The average Bonchev–Trinajstić information content (AvgIpc) is 2.98. The molecule has 0 radical (unpaired) electrons. The highest BCUT2D eigenvalue weighted by molar-refractivity contribution is 7.56. The van der Waals surface area contributed by atoms with Crippen molar-refractivity contribution < 1.29 is 23.4 Å². The monoisotopic (exact) mass is 600 g/mol. The van der Waals surface area contributed by atoms with Crippen LogP contribution < -0.4 is 20.7 Å². The van der Waals surface area contributed by atoms with Gasteiger partial charge in [-0.15, -0.1) is 0 Å². The van der Waals surface area contributed by atoms with Crippen molar-refractivity contribution in [3.05, 3.63) is 72.4 Å². The molecule has 1 aromatic heterocycles. The minimum Gasteiger partial charge on any atom is -0.494 e. The Morgan fingerprint density at radius 3 is 2.63 bits per heavy atom. The third-order valence-corrected chi connectivity index (χ3v) is 9.12. The van der Waals surface area contributed by atoms with Gasteiger partial charge in [-0.25, -0.2) is 9.65 Å². The number of hydrogen-bond acceptors (Lipinski definition) is 9. The molecular formula is C28H34ClN6O5P. The van der Waals surface area contributed by atoms with Crippen molar-refractivity contribution in [2.24, 2.45) is 0 Å². The lowest BCUT2D eigenvalue weighted by molar-refractivity contribution is -0.111. The predicted molar refractivity (Wildman–Crippen MR) is 162 cm³/mol. The Bertz CT molecular complexity index is 1370. The second-order valence-corrected chi connectivity index (χ2v) is 11.9. The fourth-order valence-electron chi connectivity index (χ4n) is 4.09. The van der Waals surface area contributed by atoms with Gasteiger partial charge in [-0.3, -0.25) is 9.36 Å². The summed E-state index contributed by atoms with van der Waals surface area (Å²) in [4.78, 5) is 20.3. The van der Waals surface area contributed by atoms with Crippen LogP contribution >= 0.6 is 19.1 Å². The summed E-state index contributed by atoms with van der Waals surface area (Å²) in [7, 11) is -2.89. The number of halogens is 1. The van der Waals surface area contributed by atoms with Crippen LogP contribution in [0.2, 0.25) is 5.02 Å². The summed E-state index contributed by atoms with van der Waals surface area (Å²) in [5.74, 6) is 1.13. The third kappa shape index (κ3) is 9.01. The van der Waals surface area contributed by atoms with Crippen LogP contribution in [0.3, 0.4) is 0 Å². The predicted octanol–water partition coefficient (Wildman–Crippen LogP) is 6.07. The Morgan fingerprint density at radius 2 is 1.90 bits per heavy atom. The summed E-state index contributed by atoms with van der Waals surface area (Å²) in [5, 5.41) is 9.35. The molecule has 3 N–H and O–H groups in total. The molecular weight excluding hydrogens is 567 g/mol. The van der Waals surface area contributed by atoms with Gasteiger partial charge < -0.3 is 29.9 Å². The number of carbonyl (C=O) groups is 1. The first-order valence-corrected chi connectivity index (χ1v) is 15.4. The fourth-order valence-corrected chi connectivity index (χ4v) is 6.50. The van der Waals surface area contributed by atoms with E-state index in [2.05, 4.69) is 32.5 Å². The van der Waals surface area contributed by atoms with Crippen molar-refractivity contribution in [2.75, 3.05) is 61.6 Å². The Labute approximate surface area is 244 Å². The first-order valence-electron chi connectivity index (χ1n) is 13.3. The van der Waals surface area contributed by atoms with Gasteiger partial charge in [0.05, 0.1) is 32.6 Å². The normalized spacial score (nSPS) is 15.0. The molecule has 2 heterocycles. The molecule has 0 aliphatic carbocycles. The van der Waals surface area contributed by atoms with Crippen LogP contribution in [0.15, 0.2) is 67.4 Å². The van der Waals surface area contributed by atoms with Gasteiger partial charge in [-0.2, -0.15) is 4.98 Å². The molecule has 1 aliphatic rings. The van der Waals surface area contributed by atoms with Crippen LogP contribution in [-0.4, -0.2) is 66.2 Å². The van der Waals surface area contributed by atoms with Crippen LogP contribution in [0.4, 0.5) is 28.8 Å². The maximum atomic E-state index is 13.4. The second-order valence-electron chi connectivity index (χ2n) is 8.99. The molecule has 1 aliphatic heterocycles. The van der Waals surface area contributed by atoms with Gasteiger partial charge in [0.1, 0.15) is 10.8 Å². The second kappa shape index (κ2) is 15.0. The lowest BCUT2D eigenvalue weighted by atomic mass is 10.2. The minimum absolute atomic E-state index is 0.304. The molecule has 218 valence electrons. The van der Waals surface area contributed by atoms with E-state index in [9.17, 15) is 9.36 Å². The first-order chi connectivity index (χ1) is 19.9. The van der Waals surface area contributed by atoms with Crippen LogP contribution in [0, 0.1) is 0 Å². The van der Waals surface area contributed by atoms with Gasteiger partial charge in [-0.1, -0.05) is 24.2 Å². The van der Waals surface area contributed by atoms with Gasteiger partial charge in [0.15, 0.2) is 5.82 Å². The number of carbonyl (C=O) groups excluding carboxylic acids is 1. The van der Waals surface area contributed by atoms with Gasteiger partial charge in [0.25, 0.3) is 7.52 Å². The largest absolute Gasteiger partial charge is 0.494 e. The van der Waals surface area contributed by atoms with E-state index in [-0.39, 0.29) is 5.91 Å². The van der Waals surface area contributed by atoms with Crippen molar-refractivity contribution >= 4 is 53.9 Å². The molecule has 0 saturated carbocycles. The SMILES string of the molecule is C=CC(=O)Nc1cccc(Nc2nc(Nc3ccc(OCCCP(=O)(OCC)N4CCOCC4)cc3)ncc2Cl)c1. The molecule has 0 bridgehead atoms. The number of rotatable bonds is 14. The topological polar surface area (TPSA) is 127 Å². The molecule has 13 heteroatoms. The number of anilines is 5. The third-order valence-electron chi connectivity index (χ3n) is 6.04. The van der Waals surface area contributed by atoms with E-state index in [4.69, 9.17) is 25.6 Å². The molecule has 1 fully saturated rings. The molecule has 4 rings (SSSR count). The number of ether oxygens (including phenoxy) is 2. The van der Waals surface area contributed by atoms with Crippen molar-refractivity contribution in [3.63, 3.8) is 0 Å². The quantitative estimate of drug-likeness (QED) is 0.114. The van der Waals surface area contributed by atoms with Crippen molar-refractivity contribution in [2.45, 2.75) is 13.3 Å². The van der Waals surface area contributed by atoms with Gasteiger partial charge in [-0.05, 0) is 61.9 Å². The van der Waals surface area contributed by atoms with E-state index in [1.165, 1.54) is 12.3 Å². The number of nitrogens with zero attached hydrogens (tertiary/aromatic N) is 3. The fraction of sp³-hybridized carbons (Fsp3) is 0.321. The minimum atomic E-state index is -2.89. The van der Waals surface area contributed by atoms with E-state index >= 15 is 0 Å². The van der Waals surface area contributed by atoms with Crippen LogP contribution in [0.25, 0.3) is 0 Å².